The third-order valence-corrected chi connectivity index (χ3v) is 4.13. The summed E-state index contributed by atoms with van der Waals surface area (Å²) in [6.45, 7) is 2.03. The first-order valence-corrected chi connectivity index (χ1v) is 7.34. The van der Waals surface area contributed by atoms with Gasteiger partial charge in [-0.15, -0.1) is 11.3 Å². The number of methoxy groups -OCH3 is 1. The van der Waals surface area contributed by atoms with Crippen molar-refractivity contribution >= 4 is 17.6 Å². The third-order valence-electron chi connectivity index (χ3n) is 3.23. The third kappa shape index (κ3) is 2.48. The molecule has 0 unspecified atom stereocenters. The Bertz CT molecular complexity index is 772. The molecule has 0 atom stereocenters. The molecule has 2 heterocycles. The number of hydrogen-bond donors (Lipinski definition) is 0. The Morgan fingerprint density at radius 1 is 1.24 bits per heavy atom. The van der Waals surface area contributed by atoms with Gasteiger partial charge in [0.1, 0.15) is 11.4 Å². The Labute approximate surface area is 126 Å². The number of aryl methyl sites for hydroxylation is 1. The Kier molecular flexibility index (Phi) is 3.58. The number of rotatable bonds is 4. The maximum atomic E-state index is 11.3. The fourth-order valence-corrected chi connectivity index (χ4v) is 2.98. The molecule has 0 saturated carbocycles. The van der Waals surface area contributed by atoms with Crippen LogP contribution in [0.1, 0.15) is 15.9 Å². The second kappa shape index (κ2) is 5.54. The Balaban J connectivity index is 2.10. The zero-order valence-corrected chi connectivity index (χ0v) is 12.6. The van der Waals surface area contributed by atoms with Crippen LogP contribution in [-0.2, 0) is 0 Å². The van der Waals surface area contributed by atoms with Crippen molar-refractivity contribution in [2.75, 3.05) is 7.11 Å². The molecule has 0 aliphatic rings. The number of aldehydes is 1. The van der Waals surface area contributed by atoms with E-state index in [2.05, 4.69) is 5.10 Å². The maximum absolute atomic E-state index is 11.3. The van der Waals surface area contributed by atoms with Crippen molar-refractivity contribution in [1.29, 1.82) is 0 Å². The highest BCUT2D eigenvalue weighted by molar-refractivity contribution is 7.14. The first kappa shape index (κ1) is 13.6. The summed E-state index contributed by atoms with van der Waals surface area (Å²) in [7, 11) is 1.61. The van der Waals surface area contributed by atoms with Crippen LogP contribution in [0.15, 0.2) is 41.9 Å². The summed E-state index contributed by atoms with van der Waals surface area (Å²) < 4.78 is 7.04. The van der Waals surface area contributed by atoms with Gasteiger partial charge in [-0.3, -0.25) is 4.79 Å². The molecule has 21 heavy (non-hydrogen) atoms. The summed E-state index contributed by atoms with van der Waals surface area (Å²) in [6.07, 6.45) is 2.57. The molecule has 0 aliphatic carbocycles. The van der Waals surface area contributed by atoms with Crippen LogP contribution in [0.4, 0.5) is 0 Å². The van der Waals surface area contributed by atoms with Gasteiger partial charge in [-0.25, -0.2) is 4.68 Å². The number of carbonyl (C=O) groups is 1. The van der Waals surface area contributed by atoms with Gasteiger partial charge in [0.15, 0.2) is 6.29 Å². The number of benzene rings is 1. The number of hydrogen-bond acceptors (Lipinski definition) is 4. The molecule has 0 N–H and O–H groups in total. The van der Waals surface area contributed by atoms with Crippen LogP contribution in [0.2, 0.25) is 0 Å². The minimum absolute atomic E-state index is 0.552. The Morgan fingerprint density at radius 2 is 2.00 bits per heavy atom. The largest absolute Gasteiger partial charge is 0.495 e. The second-order valence-electron chi connectivity index (χ2n) is 4.65. The van der Waals surface area contributed by atoms with Crippen molar-refractivity contribution in [3.05, 3.63) is 53.0 Å². The lowest BCUT2D eigenvalue weighted by Gasteiger charge is -2.02. The molecule has 1 aromatic carbocycles. The molecule has 4 nitrogen and oxygen atoms in total. The smallest absolute Gasteiger partial charge is 0.153 e. The van der Waals surface area contributed by atoms with Crippen molar-refractivity contribution in [3.63, 3.8) is 0 Å². The van der Waals surface area contributed by atoms with E-state index in [0.717, 1.165) is 22.6 Å². The average molecular weight is 298 g/mol. The SMILES string of the molecule is COc1ccsc1-c1nn(-c2ccc(C)cc2)cc1C=O. The van der Waals surface area contributed by atoms with Gasteiger partial charge in [-0.05, 0) is 30.5 Å². The normalized spacial score (nSPS) is 10.6. The molecule has 106 valence electrons. The molecular weight excluding hydrogens is 284 g/mol. The molecule has 0 aliphatic heterocycles. The molecule has 0 saturated heterocycles. The van der Waals surface area contributed by atoms with Gasteiger partial charge in [0, 0.05) is 6.20 Å². The second-order valence-corrected chi connectivity index (χ2v) is 5.57. The highest BCUT2D eigenvalue weighted by atomic mass is 32.1. The molecule has 5 heteroatoms. The quantitative estimate of drug-likeness (QED) is 0.689. The van der Waals surface area contributed by atoms with E-state index in [1.807, 2.05) is 42.6 Å². The van der Waals surface area contributed by atoms with Gasteiger partial charge in [-0.1, -0.05) is 17.7 Å². The number of aromatic nitrogens is 2. The summed E-state index contributed by atoms with van der Waals surface area (Å²) in [6, 6.07) is 9.87. The van der Waals surface area contributed by atoms with Crippen molar-refractivity contribution in [3.8, 4) is 22.0 Å². The zero-order chi connectivity index (χ0) is 14.8. The molecular formula is C16H14N2O2S. The van der Waals surface area contributed by atoms with Crippen molar-refractivity contribution in [1.82, 2.24) is 9.78 Å². The summed E-state index contributed by atoms with van der Waals surface area (Å²) in [5.41, 5.74) is 3.31. The molecule has 3 aromatic rings. The molecule has 0 amide bonds. The van der Waals surface area contributed by atoms with Crippen LogP contribution in [0, 0.1) is 6.92 Å². The first-order valence-electron chi connectivity index (χ1n) is 6.46. The van der Waals surface area contributed by atoms with Crippen molar-refractivity contribution < 1.29 is 9.53 Å². The van der Waals surface area contributed by atoms with Crippen LogP contribution in [-0.4, -0.2) is 23.2 Å². The van der Waals surface area contributed by atoms with Crippen molar-refractivity contribution in [2.45, 2.75) is 6.92 Å². The Morgan fingerprint density at radius 3 is 2.67 bits per heavy atom. The highest BCUT2D eigenvalue weighted by Gasteiger charge is 2.16. The van der Waals surface area contributed by atoms with Crippen LogP contribution >= 0.6 is 11.3 Å². The standard InChI is InChI=1S/C16H14N2O2S/c1-11-3-5-13(6-4-11)18-9-12(10-19)15(17-18)16-14(20-2)7-8-21-16/h3-10H,1-2H3. The van der Waals surface area contributed by atoms with Gasteiger partial charge in [0.2, 0.25) is 0 Å². The first-order chi connectivity index (χ1) is 10.2. The molecule has 0 spiro atoms. The predicted octanol–water partition coefficient (Wildman–Crippen LogP) is 3.73. The van der Waals surface area contributed by atoms with Gasteiger partial charge in [-0.2, -0.15) is 5.10 Å². The van der Waals surface area contributed by atoms with Crippen molar-refractivity contribution in [2.24, 2.45) is 0 Å². The van der Waals surface area contributed by atoms with Gasteiger partial charge in [0.25, 0.3) is 0 Å². The number of ether oxygens (including phenoxy) is 1. The summed E-state index contributed by atoms with van der Waals surface area (Å²) in [4.78, 5) is 12.2. The van der Waals surface area contributed by atoms with Gasteiger partial charge in [0.05, 0.1) is 23.2 Å². The van der Waals surface area contributed by atoms with E-state index in [1.165, 1.54) is 16.9 Å². The average Bonchev–Trinajstić information content (AvgIpc) is 3.13. The van der Waals surface area contributed by atoms with Crippen LogP contribution < -0.4 is 4.74 Å². The number of thiophene rings is 1. The van der Waals surface area contributed by atoms with E-state index in [0.29, 0.717) is 11.3 Å². The van der Waals surface area contributed by atoms with Crippen LogP contribution in [0.5, 0.6) is 5.75 Å². The Hall–Kier alpha value is -2.40. The van der Waals surface area contributed by atoms with E-state index >= 15 is 0 Å². The summed E-state index contributed by atoms with van der Waals surface area (Å²) in [5.74, 6) is 0.734. The molecule has 2 aromatic heterocycles. The van der Waals surface area contributed by atoms with Gasteiger partial charge < -0.3 is 4.74 Å². The van der Waals surface area contributed by atoms with E-state index in [1.54, 1.807) is 18.0 Å². The zero-order valence-electron chi connectivity index (χ0n) is 11.7. The lowest BCUT2D eigenvalue weighted by Crippen LogP contribution is -1.94. The minimum Gasteiger partial charge on any atom is -0.495 e. The highest BCUT2D eigenvalue weighted by Crippen LogP contribution is 2.36. The lowest BCUT2D eigenvalue weighted by atomic mass is 10.2. The summed E-state index contributed by atoms with van der Waals surface area (Å²) in [5, 5.41) is 6.47. The molecule has 0 radical (unpaired) electrons. The van der Waals surface area contributed by atoms with E-state index in [4.69, 9.17) is 4.74 Å². The topological polar surface area (TPSA) is 44.1 Å². The van der Waals surface area contributed by atoms with E-state index in [-0.39, 0.29) is 0 Å². The predicted molar refractivity (Wildman–Crippen MR) is 83.6 cm³/mol. The monoisotopic (exact) mass is 298 g/mol. The van der Waals surface area contributed by atoms with Crippen LogP contribution in [0.3, 0.4) is 0 Å². The fraction of sp³-hybridized carbons (Fsp3) is 0.125. The fourth-order valence-electron chi connectivity index (χ4n) is 2.11. The van der Waals surface area contributed by atoms with Gasteiger partial charge >= 0.3 is 0 Å². The summed E-state index contributed by atoms with van der Waals surface area (Å²) >= 11 is 1.51. The maximum Gasteiger partial charge on any atom is 0.153 e. The molecule has 0 bridgehead atoms. The van der Waals surface area contributed by atoms with E-state index < -0.39 is 0 Å². The number of nitrogens with zero attached hydrogens (tertiary/aromatic N) is 2. The van der Waals surface area contributed by atoms with Crippen LogP contribution in [0.25, 0.3) is 16.3 Å². The number of carbonyl (C=O) groups excluding carboxylic acids is 1. The molecule has 3 rings (SSSR count). The lowest BCUT2D eigenvalue weighted by molar-refractivity contribution is 0.112. The minimum atomic E-state index is 0.552. The van der Waals surface area contributed by atoms with E-state index in [9.17, 15) is 4.79 Å². The molecule has 0 fully saturated rings.